The van der Waals surface area contributed by atoms with Crippen LogP contribution in [-0.4, -0.2) is 6.29 Å². The zero-order valence-electron chi connectivity index (χ0n) is 7.77. The van der Waals surface area contributed by atoms with Gasteiger partial charge in [-0.25, -0.2) is 0 Å². The second-order valence-corrected chi connectivity index (χ2v) is 3.08. The quantitative estimate of drug-likeness (QED) is 0.639. The van der Waals surface area contributed by atoms with Crippen molar-refractivity contribution in [2.45, 2.75) is 20.0 Å². The average Bonchev–Trinajstić information content (AvgIpc) is 2.07. The van der Waals surface area contributed by atoms with E-state index in [1.807, 2.05) is 0 Å². The van der Waals surface area contributed by atoms with Gasteiger partial charge in [0, 0.05) is 5.56 Å². The number of rotatable bonds is 1. The third kappa shape index (κ3) is 1.78. The smallest absolute Gasteiger partial charge is 0.298 e. The largest absolute Gasteiger partial charge is 0.417 e. The third-order valence-corrected chi connectivity index (χ3v) is 2.21. The number of halogens is 3. The van der Waals surface area contributed by atoms with Gasteiger partial charge in [0.2, 0.25) is 0 Å². The number of aryl methyl sites for hydroxylation is 1. The number of carbonyl (C=O) groups excluding carboxylic acids is 1. The Labute approximate surface area is 79.5 Å². The van der Waals surface area contributed by atoms with Crippen molar-refractivity contribution < 1.29 is 18.0 Å². The molecular weight excluding hydrogens is 193 g/mol. The SMILES string of the molecule is Cc1ccc(C(F)(F)F)c(C=O)c1C. The van der Waals surface area contributed by atoms with Crippen LogP contribution in [0.25, 0.3) is 0 Å². The number of alkyl halides is 3. The van der Waals surface area contributed by atoms with Crippen LogP contribution in [0.2, 0.25) is 0 Å². The molecule has 0 amide bonds. The first-order valence-electron chi connectivity index (χ1n) is 4.00. The Kier molecular flexibility index (Phi) is 2.64. The maximum Gasteiger partial charge on any atom is 0.417 e. The van der Waals surface area contributed by atoms with Crippen LogP contribution in [0.4, 0.5) is 13.2 Å². The van der Waals surface area contributed by atoms with Crippen molar-refractivity contribution in [1.29, 1.82) is 0 Å². The molecule has 0 spiro atoms. The molecule has 0 unspecified atom stereocenters. The summed E-state index contributed by atoms with van der Waals surface area (Å²) >= 11 is 0. The van der Waals surface area contributed by atoms with Gasteiger partial charge >= 0.3 is 6.18 Å². The zero-order chi connectivity index (χ0) is 10.9. The van der Waals surface area contributed by atoms with E-state index < -0.39 is 11.7 Å². The van der Waals surface area contributed by atoms with E-state index in [9.17, 15) is 18.0 Å². The summed E-state index contributed by atoms with van der Waals surface area (Å²) in [7, 11) is 0. The molecule has 1 rings (SSSR count). The van der Waals surface area contributed by atoms with E-state index in [1.54, 1.807) is 6.92 Å². The van der Waals surface area contributed by atoms with Gasteiger partial charge in [-0.05, 0) is 31.0 Å². The molecule has 0 aliphatic heterocycles. The maximum atomic E-state index is 12.4. The minimum absolute atomic E-state index is 0.255. The molecule has 4 heteroatoms. The van der Waals surface area contributed by atoms with E-state index in [1.165, 1.54) is 13.0 Å². The first-order valence-corrected chi connectivity index (χ1v) is 4.00. The van der Waals surface area contributed by atoms with Crippen molar-refractivity contribution in [2.75, 3.05) is 0 Å². The van der Waals surface area contributed by atoms with Gasteiger partial charge in [0.05, 0.1) is 5.56 Å². The Balaban J connectivity index is 3.47. The molecule has 0 bridgehead atoms. The fraction of sp³-hybridized carbons (Fsp3) is 0.300. The van der Waals surface area contributed by atoms with Gasteiger partial charge in [-0.1, -0.05) is 6.07 Å². The number of hydrogen-bond donors (Lipinski definition) is 0. The van der Waals surface area contributed by atoms with Crippen LogP contribution in [0, 0.1) is 13.8 Å². The lowest BCUT2D eigenvalue weighted by atomic mass is 9.98. The van der Waals surface area contributed by atoms with Crippen LogP contribution >= 0.6 is 0 Å². The average molecular weight is 202 g/mol. The van der Waals surface area contributed by atoms with Crippen molar-refractivity contribution in [2.24, 2.45) is 0 Å². The standard InChI is InChI=1S/C10H9F3O/c1-6-3-4-9(10(11,12)13)8(5-14)7(6)2/h3-5H,1-2H3. The number of benzene rings is 1. The van der Waals surface area contributed by atoms with Crippen LogP contribution in [0.1, 0.15) is 27.0 Å². The van der Waals surface area contributed by atoms with Gasteiger partial charge in [-0.3, -0.25) is 4.79 Å². The molecule has 76 valence electrons. The third-order valence-electron chi connectivity index (χ3n) is 2.21. The fourth-order valence-corrected chi connectivity index (χ4v) is 1.24. The molecule has 14 heavy (non-hydrogen) atoms. The molecule has 1 nitrogen and oxygen atoms in total. The molecule has 0 aromatic heterocycles. The van der Waals surface area contributed by atoms with Gasteiger partial charge in [0.15, 0.2) is 6.29 Å². The number of carbonyl (C=O) groups is 1. The molecule has 0 saturated carbocycles. The molecule has 0 atom stereocenters. The topological polar surface area (TPSA) is 17.1 Å². The van der Waals surface area contributed by atoms with Gasteiger partial charge in [-0.15, -0.1) is 0 Å². The van der Waals surface area contributed by atoms with Crippen molar-refractivity contribution in [3.8, 4) is 0 Å². The highest BCUT2D eigenvalue weighted by Gasteiger charge is 2.33. The zero-order valence-corrected chi connectivity index (χ0v) is 7.77. The highest BCUT2D eigenvalue weighted by atomic mass is 19.4. The summed E-state index contributed by atoms with van der Waals surface area (Å²) in [6.45, 7) is 3.18. The van der Waals surface area contributed by atoms with E-state index in [0.717, 1.165) is 6.07 Å². The van der Waals surface area contributed by atoms with Gasteiger partial charge in [0.1, 0.15) is 0 Å². The van der Waals surface area contributed by atoms with Gasteiger partial charge in [0.25, 0.3) is 0 Å². The molecule has 0 N–H and O–H groups in total. The summed E-state index contributed by atoms with van der Waals surface area (Å²) in [4.78, 5) is 10.5. The van der Waals surface area contributed by atoms with Crippen LogP contribution in [0.15, 0.2) is 12.1 Å². The Morgan fingerprint density at radius 3 is 2.21 bits per heavy atom. The fourth-order valence-electron chi connectivity index (χ4n) is 1.24. The Morgan fingerprint density at radius 2 is 1.79 bits per heavy atom. The lowest BCUT2D eigenvalue weighted by Crippen LogP contribution is -2.10. The monoisotopic (exact) mass is 202 g/mol. The predicted octanol–water partition coefficient (Wildman–Crippen LogP) is 3.13. The van der Waals surface area contributed by atoms with E-state index in [4.69, 9.17) is 0 Å². The van der Waals surface area contributed by atoms with Crippen molar-refractivity contribution in [3.63, 3.8) is 0 Å². The number of aldehydes is 1. The first kappa shape index (κ1) is 10.8. The van der Waals surface area contributed by atoms with Crippen LogP contribution in [0.5, 0.6) is 0 Å². The molecule has 0 radical (unpaired) electrons. The normalized spacial score (nSPS) is 11.5. The summed E-state index contributed by atoms with van der Waals surface area (Å²) < 4.78 is 37.2. The minimum atomic E-state index is -4.46. The van der Waals surface area contributed by atoms with Crippen LogP contribution in [-0.2, 0) is 6.18 Å². The highest BCUT2D eigenvalue weighted by Crippen LogP contribution is 2.33. The number of hydrogen-bond acceptors (Lipinski definition) is 1. The maximum absolute atomic E-state index is 12.4. The molecule has 0 fully saturated rings. The molecule has 0 saturated heterocycles. The lowest BCUT2D eigenvalue weighted by Gasteiger charge is -2.12. The molecule has 1 aromatic rings. The Hall–Kier alpha value is -1.32. The van der Waals surface area contributed by atoms with Crippen LogP contribution < -0.4 is 0 Å². The molecule has 1 aromatic carbocycles. The van der Waals surface area contributed by atoms with Crippen molar-refractivity contribution in [3.05, 3.63) is 34.4 Å². The van der Waals surface area contributed by atoms with E-state index in [-0.39, 0.29) is 11.8 Å². The summed E-state index contributed by atoms with van der Waals surface area (Å²) in [5.41, 5.74) is -0.0666. The first-order chi connectivity index (χ1) is 6.38. The van der Waals surface area contributed by atoms with Gasteiger partial charge in [-0.2, -0.15) is 13.2 Å². The van der Waals surface area contributed by atoms with E-state index in [2.05, 4.69) is 0 Å². The van der Waals surface area contributed by atoms with Crippen LogP contribution in [0.3, 0.4) is 0 Å². The molecular formula is C10H9F3O. The van der Waals surface area contributed by atoms with Crippen molar-refractivity contribution in [1.82, 2.24) is 0 Å². The lowest BCUT2D eigenvalue weighted by molar-refractivity contribution is -0.137. The summed E-state index contributed by atoms with van der Waals surface area (Å²) in [5.74, 6) is 0. The van der Waals surface area contributed by atoms with E-state index in [0.29, 0.717) is 11.1 Å². The second kappa shape index (κ2) is 3.44. The summed E-state index contributed by atoms with van der Waals surface area (Å²) in [6, 6.07) is 2.30. The Bertz CT molecular complexity index is 366. The highest BCUT2D eigenvalue weighted by molar-refractivity contribution is 5.80. The van der Waals surface area contributed by atoms with Crippen molar-refractivity contribution >= 4 is 6.29 Å². The second-order valence-electron chi connectivity index (χ2n) is 3.08. The predicted molar refractivity (Wildman–Crippen MR) is 46.3 cm³/mol. The minimum Gasteiger partial charge on any atom is -0.298 e. The molecule has 0 aliphatic rings. The molecule has 0 heterocycles. The Morgan fingerprint density at radius 1 is 1.21 bits per heavy atom. The molecule has 0 aliphatic carbocycles. The van der Waals surface area contributed by atoms with E-state index >= 15 is 0 Å². The van der Waals surface area contributed by atoms with Gasteiger partial charge < -0.3 is 0 Å². The summed E-state index contributed by atoms with van der Waals surface area (Å²) in [5, 5.41) is 0. The summed E-state index contributed by atoms with van der Waals surface area (Å²) in [6.07, 6.45) is -4.21.